The Morgan fingerprint density at radius 1 is 0.929 bits per heavy atom. The Morgan fingerprint density at radius 2 is 1.29 bits per heavy atom. The third kappa shape index (κ3) is 4.01. The molecule has 80 valence electrons. The molecule has 0 atom stereocenters. The van der Waals surface area contributed by atoms with Crippen LogP contribution in [0.3, 0.4) is 0 Å². The van der Waals surface area contributed by atoms with Crippen molar-refractivity contribution in [1.29, 1.82) is 0 Å². The molecule has 1 aliphatic rings. The standard InChI is InChI=1S/C10H15.3FH.Ti/c1-7-6-10(4,5)9(3)8(7)2;;;;/h1-5H3;3*1H;/q-1;;;;+4/p-3. The van der Waals surface area contributed by atoms with E-state index in [0.717, 1.165) is 0 Å². The summed E-state index contributed by atoms with van der Waals surface area (Å²) >= 11 is 0. The molecule has 0 radical (unpaired) electrons. The molecule has 0 unspecified atom stereocenters. The molecule has 0 heterocycles. The van der Waals surface area contributed by atoms with Crippen molar-refractivity contribution >= 4 is 0 Å². The van der Waals surface area contributed by atoms with E-state index >= 15 is 0 Å². The van der Waals surface area contributed by atoms with E-state index in [0.29, 0.717) is 0 Å². The van der Waals surface area contributed by atoms with Crippen molar-refractivity contribution < 1.29 is 35.8 Å². The molecule has 0 spiro atoms. The average Bonchev–Trinajstić information content (AvgIpc) is 1.95. The molecule has 0 N–H and O–H groups in total. The van der Waals surface area contributed by atoms with Gasteiger partial charge in [0.05, 0.1) is 0 Å². The molecule has 0 bridgehead atoms. The number of halogens is 3. The molecule has 0 nitrogen and oxygen atoms in total. The minimum absolute atomic E-state index is 0. The molecule has 1 rings (SSSR count). The summed E-state index contributed by atoms with van der Waals surface area (Å²) in [5.41, 5.74) is 4.39. The van der Waals surface area contributed by atoms with Gasteiger partial charge in [-0.15, -0.1) is 6.92 Å². The Kier molecular flexibility index (Phi) is 12.3. The molecule has 14 heavy (non-hydrogen) atoms. The van der Waals surface area contributed by atoms with Crippen LogP contribution in [0.15, 0.2) is 16.7 Å². The second-order valence-corrected chi connectivity index (χ2v) is 3.62. The van der Waals surface area contributed by atoms with E-state index in [1.54, 1.807) is 0 Å². The van der Waals surface area contributed by atoms with E-state index in [9.17, 15) is 0 Å². The van der Waals surface area contributed by atoms with Crippen LogP contribution >= 0.6 is 0 Å². The fourth-order valence-corrected chi connectivity index (χ4v) is 1.41. The smallest absolute Gasteiger partial charge is 1.00 e. The first-order valence-corrected chi connectivity index (χ1v) is 3.75. The van der Waals surface area contributed by atoms with Gasteiger partial charge in [-0.05, 0) is 0 Å². The normalized spacial score (nSPS) is 16.8. The second kappa shape index (κ2) is 7.30. The first kappa shape index (κ1) is 23.7. The molecule has 0 saturated carbocycles. The molecule has 0 fully saturated rings. The van der Waals surface area contributed by atoms with E-state index in [-0.39, 0.29) is 41.2 Å². The molecular weight excluding hydrogens is 225 g/mol. The summed E-state index contributed by atoms with van der Waals surface area (Å²) in [6.45, 7) is 10.9. The van der Waals surface area contributed by atoms with E-state index < -0.39 is 0 Å². The monoisotopic (exact) mass is 240 g/mol. The zero-order valence-corrected chi connectivity index (χ0v) is 10.7. The van der Waals surface area contributed by atoms with Crippen LogP contribution in [0, 0.1) is 11.5 Å². The van der Waals surface area contributed by atoms with Gasteiger partial charge in [-0.3, -0.25) is 6.08 Å². The SMILES string of the molecule is CC1=[C-]C(C)(C)C(C)=C1C.[F-].[F-].[F-].[Ti+4]. The zero-order chi connectivity index (χ0) is 7.94. The van der Waals surface area contributed by atoms with Gasteiger partial charge in [0, 0.05) is 0 Å². The van der Waals surface area contributed by atoms with Gasteiger partial charge in [-0.1, -0.05) is 33.1 Å². The summed E-state index contributed by atoms with van der Waals surface area (Å²) in [7, 11) is 0. The van der Waals surface area contributed by atoms with Crippen molar-refractivity contribution in [2.24, 2.45) is 5.41 Å². The maximum absolute atomic E-state index is 3.44. The van der Waals surface area contributed by atoms with Gasteiger partial charge in [0.15, 0.2) is 0 Å². The van der Waals surface area contributed by atoms with E-state index in [1.807, 2.05) is 0 Å². The predicted octanol–water partition coefficient (Wildman–Crippen LogP) is -5.88. The third-order valence-corrected chi connectivity index (χ3v) is 2.56. The molecular formula is C10H15F3Ti. The Bertz CT molecular complexity index is 230. The van der Waals surface area contributed by atoms with Gasteiger partial charge < -0.3 is 14.1 Å². The van der Waals surface area contributed by atoms with Crippen molar-refractivity contribution in [2.75, 3.05) is 0 Å². The molecule has 0 aromatic carbocycles. The Morgan fingerprint density at radius 3 is 1.36 bits per heavy atom. The summed E-state index contributed by atoms with van der Waals surface area (Å²) in [5, 5.41) is 0. The van der Waals surface area contributed by atoms with E-state index in [1.165, 1.54) is 16.7 Å². The van der Waals surface area contributed by atoms with E-state index in [2.05, 4.69) is 40.7 Å². The maximum atomic E-state index is 3.44. The van der Waals surface area contributed by atoms with Crippen LogP contribution in [0.5, 0.6) is 0 Å². The summed E-state index contributed by atoms with van der Waals surface area (Å²) in [6, 6.07) is 0. The first-order chi connectivity index (χ1) is 4.45. The topological polar surface area (TPSA) is 0 Å². The van der Waals surface area contributed by atoms with Crippen LogP contribution in [0.1, 0.15) is 34.6 Å². The first-order valence-electron chi connectivity index (χ1n) is 3.75. The number of hydrogen-bond acceptors (Lipinski definition) is 0. The van der Waals surface area contributed by atoms with Gasteiger partial charge >= 0.3 is 21.7 Å². The van der Waals surface area contributed by atoms with Gasteiger partial charge in [0.1, 0.15) is 0 Å². The molecule has 0 amide bonds. The van der Waals surface area contributed by atoms with Gasteiger partial charge in [0.2, 0.25) is 0 Å². The van der Waals surface area contributed by atoms with Crippen molar-refractivity contribution in [2.45, 2.75) is 34.6 Å². The van der Waals surface area contributed by atoms with Crippen LogP contribution in [0.2, 0.25) is 0 Å². The summed E-state index contributed by atoms with van der Waals surface area (Å²) in [5.74, 6) is 0. The van der Waals surface area contributed by atoms with Crippen LogP contribution < -0.4 is 14.1 Å². The van der Waals surface area contributed by atoms with Gasteiger partial charge in [-0.25, -0.2) is 5.57 Å². The Hall–Kier alpha value is -0.0157. The van der Waals surface area contributed by atoms with E-state index in [4.69, 9.17) is 0 Å². The number of allylic oxidation sites excluding steroid dienone is 4. The summed E-state index contributed by atoms with van der Waals surface area (Å²) in [6.07, 6.45) is 3.44. The van der Waals surface area contributed by atoms with Crippen molar-refractivity contribution in [1.82, 2.24) is 0 Å². The zero-order valence-electron chi connectivity index (χ0n) is 9.13. The second-order valence-electron chi connectivity index (χ2n) is 3.62. The third-order valence-electron chi connectivity index (χ3n) is 2.56. The minimum Gasteiger partial charge on any atom is -1.00 e. The van der Waals surface area contributed by atoms with Gasteiger partial charge in [-0.2, -0.15) is 11.1 Å². The maximum Gasteiger partial charge on any atom is 4.00 e. The molecule has 0 saturated heterocycles. The number of hydrogen-bond donors (Lipinski definition) is 0. The summed E-state index contributed by atoms with van der Waals surface area (Å²) < 4.78 is 0. The van der Waals surface area contributed by atoms with Crippen LogP contribution in [0.25, 0.3) is 0 Å². The quantitative estimate of drug-likeness (QED) is 0.292. The molecule has 0 aliphatic heterocycles. The fraction of sp³-hybridized carbons (Fsp3) is 0.600. The molecule has 0 aromatic heterocycles. The van der Waals surface area contributed by atoms with Crippen molar-refractivity contribution in [3.63, 3.8) is 0 Å². The predicted molar refractivity (Wildman–Crippen MR) is 44.6 cm³/mol. The van der Waals surface area contributed by atoms with Crippen LogP contribution in [-0.4, -0.2) is 0 Å². The Balaban J connectivity index is -0.000000125. The summed E-state index contributed by atoms with van der Waals surface area (Å²) in [4.78, 5) is 0. The number of rotatable bonds is 0. The average molecular weight is 240 g/mol. The molecule has 0 aromatic rings. The fourth-order valence-electron chi connectivity index (χ4n) is 1.41. The largest absolute Gasteiger partial charge is 4.00 e. The molecule has 1 aliphatic carbocycles. The van der Waals surface area contributed by atoms with Crippen LogP contribution in [0.4, 0.5) is 0 Å². The van der Waals surface area contributed by atoms with Gasteiger partial charge in [0.25, 0.3) is 0 Å². The van der Waals surface area contributed by atoms with Crippen molar-refractivity contribution in [3.05, 3.63) is 22.8 Å². The molecule has 4 heteroatoms. The minimum atomic E-state index is 0. The Labute approximate surface area is 98.8 Å². The van der Waals surface area contributed by atoms with Crippen LogP contribution in [-0.2, 0) is 21.7 Å². The van der Waals surface area contributed by atoms with Crippen molar-refractivity contribution in [3.8, 4) is 0 Å².